The van der Waals surface area contributed by atoms with Crippen molar-refractivity contribution in [2.75, 3.05) is 31.6 Å². The molecule has 1 saturated heterocycles. The number of hydrogen-bond donors (Lipinski definition) is 1. The van der Waals surface area contributed by atoms with E-state index in [0.717, 1.165) is 38.1 Å². The number of nitrogens with zero attached hydrogens (tertiary/aromatic N) is 1. The van der Waals surface area contributed by atoms with Gasteiger partial charge in [0.1, 0.15) is 0 Å². The van der Waals surface area contributed by atoms with E-state index < -0.39 is 0 Å². The fourth-order valence-electron chi connectivity index (χ4n) is 2.80. The van der Waals surface area contributed by atoms with Crippen molar-refractivity contribution >= 4 is 11.6 Å². The number of hydrogen-bond acceptors (Lipinski definition) is 3. The number of anilines is 1. The summed E-state index contributed by atoms with van der Waals surface area (Å²) in [6.07, 6.45) is 2.06. The van der Waals surface area contributed by atoms with Gasteiger partial charge in [-0.1, -0.05) is 0 Å². The summed E-state index contributed by atoms with van der Waals surface area (Å²) in [5, 5.41) is 3.32. The molecule has 1 unspecified atom stereocenters. The van der Waals surface area contributed by atoms with Crippen molar-refractivity contribution in [2.24, 2.45) is 0 Å². The van der Waals surface area contributed by atoms with Crippen LogP contribution in [0, 0.1) is 0 Å². The maximum atomic E-state index is 12.5. The Morgan fingerprint density at radius 1 is 1.47 bits per heavy atom. The monoisotopic (exact) mass is 260 g/mol. The fraction of sp³-hybridized carbons (Fsp3) is 0.533. The first-order valence-electron chi connectivity index (χ1n) is 7.02. The van der Waals surface area contributed by atoms with E-state index in [1.807, 2.05) is 30.0 Å². The highest BCUT2D eigenvalue weighted by Crippen LogP contribution is 2.24. The highest BCUT2D eigenvalue weighted by Gasteiger charge is 2.22. The number of carbonyl (C=O) groups is 1. The first-order valence-corrected chi connectivity index (χ1v) is 7.02. The molecular formula is C15H20N2O2. The molecule has 1 atom stereocenters. The van der Waals surface area contributed by atoms with Gasteiger partial charge in [-0.2, -0.15) is 0 Å². The van der Waals surface area contributed by atoms with Crippen LogP contribution in [0.1, 0.15) is 29.3 Å². The van der Waals surface area contributed by atoms with Crippen molar-refractivity contribution in [3.8, 4) is 0 Å². The van der Waals surface area contributed by atoms with Crippen molar-refractivity contribution in [1.82, 2.24) is 4.90 Å². The molecule has 0 aliphatic carbocycles. The molecular weight excluding hydrogens is 240 g/mol. The van der Waals surface area contributed by atoms with Crippen molar-refractivity contribution in [3.05, 3.63) is 29.3 Å². The molecule has 1 amide bonds. The highest BCUT2D eigenvalue weighted by molar-refractivity contribution is 5.95. The van der Waals surface area contributed by atoms with Crippen LogP contribution in [0.5, 0.6) is 0 Å². The third-order valence-corrected chi connectivity index (χ3v) is 3.80. The fourth-order valence-corrected chi connectivity index (χ4v) is 2.80. The summed E-state index contributed by atoms with van der Waals surface area (Å²) < 4.78 is 5.59. The molecule has 0 aromatic heterocycles. The van der Waals surface area contributed by atoms with Crippen molar-refractivity contribution < 1.29 is 9.53 Å². The molecule has 1 fully saturated rings. The summed E-state index contributed by atoms with van der Waals surface area (Å²) in [6.45, 7) is 5.23. The van der Waals surface area contributed by atoms with Gasteiger partial charge in [-0.15, -0.1) is 0 Å². The Morgan fingerprint density at radius 3 is 3.26 bits per heavy atom. The SMILES string of the molecule is CC1CN(C(=O)c2ccc3c(c2)CCN3)CCCO1. The Balaban J connectivity index is 1.79. The van der Waals surface area contributed by atoms with Crippen molar-refractivity contribution in [2.45, 2.75) is 25.9 Å². The third-order valence-electron chi connectivity index (χ3n) is 3.80. The topological polar surface area (TPSA) is 41.6 Å². The average Bonchev–Trinajstić information content (AvgIpc) is 2.78. The number of fused-ring (bicyclic) bond motifs is 1. The average molecular weight is 260 g/mol. The van der Waals surface area contributed by atoms with Gasteiger partial charge in [0.05, 0.1) is 6.10 Å². The van der Waals surface area contributed by atoms with Gasteiger partial charge in [-0.25, -0.2) is 0 Å². The number of benzene rings is 1. The van der Waals surface area contributed by atoms with Gasteiger partial charge >= 0.3 is 0 Å². The quantitative estimate of drug-likeness (QED) is 0.838. The molecule has 1 N–H and O–H groups in total. The van der Waals surface area contributed by atoms with Crippen LogP contribution in [0.15, 0.2) is 18.2 Å². The van der Waals surface area contributed by atoms with Gasteiger partial charge in [0.15, 0.2) is 0 Å². The molecule has 3 rings (SSSR count). The van der Waals surface area contributed by atoms with Gasteiger partial charge in [-0.05, 0) is 43.5 Å². The lowest BCUT2D eigenvalue weighted by atomic mass is 10.1. The predicted octanol–water partition coefficient (Wildman–Crippen LogP) is 1.91. The van der Waals surface area contributed by atoms with E-state index in [2.05, 4.69) is 5.32 Å². The van der Waals surface area contributed by atoms with E-state index >= 15 is 0 Å². The molecule has 1 aromatic carbocycles. The van der Waals surface area contributed by atoms with Crippen LogP contribution < -0.4 is 5.32 Å². The van der Waals surface area contributed by atoms with Gasteiger partial charge in [0, 0.05) is 37.5 Å². The first-order chi connectivity index (χ1) is 9.24. The minimum atomic E-state index is 0.127. The Labute approximate surface area is 113 Å². The van der Waals surface area contributed by atoms with Crippen LogP contribution in [0.25, 0.3) is 0 Å². The maximum Gasteiger partial charge on any atom is 0.253 e. The molecule has 2 heterocycles. The van der Waals surface area contributed by atoms with Crippen LogP contribution in [-0.2, 0) is 11.2 Å². The standard InChI is InChI=1S/C15H20N2O2/c1-11-10-17(7-2-8-19-11)15(18)13-3-4-14-12(9-13)5-6-16-14/h3-4,9,11,16H,2,5-8,10H2,1H3. The molecule has 19 heavy (non-hydrogen) atoms. The lowest BCUT2D eigenvalue weighted by molar-refractivity contribution is 0.0562. The van der Waals surface area contributed by atoms with Crippen LogP contribution in [0.3, 0.4) is 0 Å². The smallest absolute Gasteiger partial charge is 0.253 e. The maximum absolute atomic E-state index is 12.5. The predicted molar refractivity (Wildman–Crippen MR) is 74.6 cm³/mol. The van der Waals surface area contributed by atoms with E-state index in [1.165, 1.54) is 11.3 Å². The minimum Gasteiger partial charge on any atom is -0.384 e. The largest absolute Gasteiger partial charge is 0.384 e. The second kappa shape index (κ2) is 5.21. The Kier molecular flexibility index (Phi) is 3.42. The molecule has 2 aliphatic heterocycles. The molecule has 0 radical (unpaired) electrons. The summed E-state index contributed by atoms with van der Waals surface area (Å²) >= 11 is 0. The van der Waals surface area contributed by atoms with Crippen LogP contribution in [0.4, 0.5) is 5.69 Å². The van der Waals surface area contributed by atoms with E-state index in [1.54, 1.807) is 0 Å². The highest BCUT2D eigenvalue weighted by atomic mass is 16.5. The summed E-state index contributed by atoms with van der Waals surface area (Å²) in [5.74, 6) is 0.132. The van der Waals surface area contributed by atoms with Crippen molar-refractivity contribution in [1.29, 1.82) is 0 Å². The summed E-state index contributed by atoms with van der Waals surface area (Å²) in [7, 11) is 0. The molecule has 102 valence electrons. The Hall–Kier alpha value is -1.55. The first kappa shape index (κ1) is 12.5. The number of rotatable bonds is 1. The summed E-state index contributed by atoms with van der Waals surface area (Å²) in [5.41, 5.74) is 3.23. The zero-order valence-corrected chi connectivity index (χ0v) is 11.3. The molecule has 0 saturated carbocycles. The van der Waals surface area contributed by atoms with Crippen LogP contribution >= 0.6 is 0 Å². The van der Waals surface area contributed by atoms with E-state index in [9.17, 15) is 4.79 Å². The normalized spacial score (nSPS) is 22.6. The summed E-state index contributed by atoms with van der Waals surface area (Å²) in [4.78, 5) is 14.5. The second-order valence-corrected chi connectivity index (χ2v) is 5.33. The Morgan fingerprint density at radius 2 is 2.37 bits per heavy atom. The zero-order chi connectivity index (χ0) is 13.2. The molecule has 4 nitrogen and oxygen atoms in total. The molecule has 4 heteroatoms. The van der Waals surface area contributed by atoms with Gasteiger partial charge in [0.25, 0.3) is 5.91 Å². The number of amides is 1. The van der Waals surface area contributed by atoms with Crippen LogP contribution in [0.2, 0.25) is 0 Å². The molecule has 0 spiro atoms. The Bertz CT molecular complexity index is 487. The molecule has 1 aromatic rings. The second-order valence-electron chi connectivity index (χ2n) is 5.33. The van der Waals surface area contributed by atoms with Gasteiger partial charge < -0.3 is 15.0 Å². The lowest BCUT2D eigenvalue weighted by Crippen LogP contribution is -2.35. The van der Waals surface area contributed by atoms with E-state index in [4.69, 9.17) is 4.74 Å². The molecule has 0 bridgehead atoms. The minimum absolute atomic E-state index is 0.127. The number of ether oxygens (including phenoxy) is 1. The van der Waals surface area contributed by atoms with Gasteiger partial charge in [-0.3, -0.25) is 4.79 Å². The van der Waals surface area contributed by atoms with Crippen molar-refractivity contribution in [3.63, 3.8) is 0 Å². The van der Waals surface area contributed by atoms with E-state index in [-0.39, 0.29) is 12.0 Å². The number of nitrogens with one attached hydrogen (secondary N) is 1. The number of carbonyl (C=O) groups excluding carboxylic acids is 1. The zero-order valence-electron chi connectivity index (χ0n) is 11.3. The lowest BCUT2D eigenvalue weighted by Gasteiger charge is -2.22. The third kappa shape index (κ3) is 2.59. The van der Waals surface area contributed by atoms with E-state index in [0.29, 0.717) is 6.54 Å². The van der Waals surface area contributed by atoms with Gasteiger partial charge in [0.2, 0.25) is 0 Å². The molecule has 2 aliphatic rings. The summed E-state index contributed by atoms with van der Waals surface area (Å²) in [6, 6.07) is 5.98. The van der Waals surface area contributed by atoms with Crippen LogP contribution in [-0.4, -0.2) is 43.2 Å².